The van der Waals surface area contributed by atoms with Crippen molar-refractivity contribution in [2.24, 2.45) is 5.41 Å². The van der Waals surface area contributed by atoms with Gasteiger partial charge in [0.1, 0.15) is 5.78 Å². The summed E-state index contributed by atoms with van der Waals surface area (Å²) in [4.78, 5) is 12.5. The first-order valence-electron chi connectivity index (χ1n) is 8.27. The van der Waals surface area contributed by atoms with Gasteiger partial charge < -0.3 is 4.74 Å². The van der Waals surface area contributed by atoms with Gasteiger partial charge in [0.25, 0.3) is 0 Å². The van der Waals surface area contributed by atoms with Crippen LogP contribution >= 0.6 is 0 Å². The van der Waals surface area contributed by atoms with Crippen LogP contribution in [0.25, 0.3) is 0 Å². The normalized spacial score (nSPS) is 18.4. The van der Waals surface area contributed by atoms with Gasteiger partial charge in [-0.15, -0.1) is 0 Å². The van der Waals surface area contributed by atoms with Gasteiger partial charge in [-0.05, 0) is 19.3 Å². The molecule has 2 nitrogen and oxygen atoms in total. The molecule has 0 atom stereocenters. The van der Waals surface area contributed by atoms with Gasteiger partial charge in [-0.1, -0.05) is 58.3 Å². The Morgan fingerprint density at radius 3 is 2.26 bits per heavy atom. The van der Waals surface area contributed by atoms with Gasteiger partial charge in [-0.3, -0.25) is 4.79 Å². The lowest BCUT2D eigenvalue weighted by Gasteiger charge is -2.35. The molecule has 0 aromatic carbocycles. The minimum atomic E-state index is -0.129. The molecular formula is C17H32O2. The fraction of sp³-hybridized carbons (Fsp3) is 0.941. The molecule has 0 radical (unpaired) electrons. The first kappa shape index (κ1) is 16.7. The summed E-state index contributed by atoms with van der Waals surface area (Å²) in [5.74, 6) is 0.476. The van der Waals surface area contributed by atoms with E-state index in [-0.39, 0.29) is 5.41 Å². The SMILES string of the molecule is CCCCCCCCC(=O)C1(COC)CCCCC1. The molecule has 1 fully saturated rings. The average Bonchev–Trinajstić information content (AvgIpc) is 2.44. The van der Waals surface area contributed by atoms with E-state index in [1.54, 1.807) is 7.11 Å². The summed E-state index contributed by atoms with van der Waals surface area (Å²) >= 11 is 0. The molecule has 1 rings (SSSR count). The molecule has 112 valence electrons. The van der Waals surface area contributed by atoms with E-state index < -0.39 is 0 Å². The molecule has 0 aliphatic heterocycles. The summed E-state index contributed by atoms with van der Waals surface area (Å²) in [5, 5.41) is 0. The first-order chi connectivity index (χ1) is 9.25. The van der Waals surface area contributed by atoms with Crippen molar-refractivity contribution < 1.29 is 9.53 Å². The number of ether oxygens (including phenoxy) is 1. The van der Waals surface area contributed by atoms with E-state index in [4.69, 9.17) is 4.74 Å². The zero-order chi connectivity index (χ0) is 14.0. The summed E-state index contributed by atoms with van der Waals surface area (Å²) in [5.41, 5.74) is -0.129. The third-order valence-electron chi connectivity index (χ3n) is 4.58. The summed E-state index contributed by atoms with van der Waals surface area (Å²) < 4.78 is 5.34. The molecule has 19 heavy (non-hydrogen) atoms. The number of rotatable bonds is 10. The van der Waals surface area contributed by atoms with Gasteiger partial charge in [-0.2, -0.15) is 0 Å². The Bertz CT molecular complexity index is 236. The number of unbranched alkanes of at least 4 members (excludes halogenated alkanes) is 5. The van der Waals surface area contributed by atoms with Crippen LogP contribution in [0.15, 0.2) is 0 Å². The highest BCUT2D eigenvalue weighted by atomic mass is 16.5. The molecule has 0 spiro atoms. The molecule has 1 aliphatic carbocycles. The second-order valence-electron chi connectivity index (χ2n) is 6.21. The van der Waals surface area contributed by atoms with Gasteiger partial charge in [0.2, 0.25) is 0 Å². The summed E-state index contributed by atoms with van der Waals surface area (Å²) in [6.07, 6.45) is 14.1. The monoisotopic (exact) mass is 268 g/mol. The second kappa shape index (κ2) is 9.52. The van der Waals surface area contributed by atoms with Crippen molar-refractivity contribution in [3.05, 3.63) is 0 Å². The Kier molecular flexibility index (Phi) is 8.36. The highest BCUT2D eigenvalue weighted by Gasteiger charge is 2.38. The Labute approximate surface area is 119 Å². The molecule has 1 aliphatic rings. The van der Waals surface area contributed by atoms with Gasteiger partial charge >= 0.3 is 0 Å². The van der Waals surface area contributed by atoms with E-state index in [0.717, 1.165) is 25.7 Å². The predicted molar refractivity (Wildman–Crippen MR) is 80.4 cm³/mol. The lowest BCUT2D eigenvalue weighted by Crippen LogP contribution is -2.37. The smallest absolute Gasteiger partial charge is 0.141 e. The Morgan fingerprint density at radius 2 is 1.63 bits per heavy atom. The molecule has 0 saturated heterocycles. The molecule has 2 heteroatoms. The van der Waals surface area contributed by atoms with Crippen molar-refractivity contribution in [2.45, 2.75) is 84.0 Å². The van der Waals surface area contributed by atoms with Gasteiger partial charge in [0.05, 0.1) is 12.0 Å². The Balaban J connectivity index is 2.28. The predicted octanol–water partition coefficient (Wildman–Crippen LogP) is 4.90. The molecule has 0 bridgehead atoms. The lowest BCUT2D eigenvalue weighted by atomic mass is 9.70. The number of carbonyl (C=O) groups is 1. The first-order valence-corrected chi connectivity index (χ1v) is 8.27. The number of Topliss-reactive ketones (excluding diaryl/α,β-unsaturated/α-hetero) is 1. The quantitative estimate of drug-likeness (QED) is 0.527. The van der Waals surface area contributed by atoms with Crippen LogP contribution in [-0.2, 0) is 9.53 Å². The van der Waals surface area contributed by atoms with Gasteiger partial charge in [0, 0.05) is 13.5 Å². The largest absolute Gasteiger partial charge is 0.384 e. The van der Waals surface area contributed by atoms with Gasteiger partial charge in [0.15, 0.2) is 0 Å². The maximum Gasteiger partial charge on any atom is 0.141 e. The molecular weight excluding hydrogens is 236 g/mol. The average molecular weight is 268 g/mol. The standard InChI is InChI=1S/C17H32O2/c1-3-4-5-6-7-9-12-16(18)17(15-19-2)13-10-8-11-14-17/h3-15H2,1-2H3. The molecule has 0 unspecified atom stereocenters. The summed E-state index contributed by atoms with van der Waals surface area (Å²) in [6.45, 7) is 2.88. The molecule has 0 aromatic rings. The molecule has 1 saturated carbocycles. The summed E-state index contributed by atoms with van der Waals surface area (Å²) in [6, 6.07) is 0. The Hall–Kier alpha value is -0.370. The number of hydrogen-bond acceptors (Lipinski definition) is 2. The van der Waals surface area contributed by atoms with E-state index in [0.29, 0.717) is 12.4 Å². The van der Waals surface area contributed by atoms with E-state index in [9.17, 15) is 4.79 Å². The van der Waals surface area contributed by atoms with Crippen LogP contribution < -0.4 is 0 Å². The molecule has 0 heterocycles. The minimum Gasteiger partial charge on any atom is -0.384 e. The van der Waals surface area contributed by atoms with Gasteiger partial charge in [-0.25, -0.2) is 0 Å². The van der Waals surface area contributed by atoms with Crippen molar-refractivity contribution >= 4 is 5.78 Å². The lowest BCUT2D eigenvalue weighted by molar-refractivity contribution is -0.134. The van der Waals surface area contributed by atoms with E-state index in [1.807, 2.05) is 0 Å². The summed E-state index contributed by atoms with van der Waals surface area (Å²) in [7, 11) is 1.73. The molecule has 0 N–H and O–H groups in total. The number of carbonyl (C=O) groups excluding carboxylic acids is 1. The van der Waals surface area contributed by atoms with E-state index in [1.165, 1.54) is 51.4 Å². The Morgan fingerprint density at radius 1 is 1.00 bits per heavy atom. The number of methoxy groups -OCH3 is 1. The number of hydrogen-bond donors (Lipinski definition) is 0. The van der Waals surface area contributed by atoms with Crippen LogP contribution in [0.1, 0.15) is 84.0 Å². The van der Waals surface area contributed by atoms with Crippen molar-refractivity contribution in [3.63, 3.8) is 0 Å². The van der Waals surface area contributed by atoms with Crippen molar-refractivity contribution in [1.29, 1.82) is 0 Å². The zero-order valence-corrected chi connectivity index (χ0v) is 13.0. The highest BCUT2D eigenvalue weighted by molar-refractivity contribution is 5.85. The molecule has 0 amide bonds. The van der Waals surface area contributed by atoms with Crippen LogP contribution in [0.3, 0.4) is 0 Å². The topological polar surface area (TPSA) is 26.3 Å². The van der Waals surface area contributed by atoms with Crippen molar-refractivity contribution in [2.75, 3.05) is 13.7 Å². The fourth-order valence-electron chi connectivity index (χ4n) is 3.34. The van der Waals surface area contributed by atoms with Crippen LogP contribution in [0.4, 0.5) is 0 Å². The number of ketones is 1. The maximum atomic E-state index is 12.5. The van der Waals surface area contributed by atoms with Crippen LogP contribution in [0.5, 0.6) is 0 Å². The molecule has 0 aromatic heterocycles. The third-order valence-corrected chi connectivity index (χ3v) is 4.58. The van der Waals surface area contributed by atoms with Crippen LogP contribution in [0, 0.1) is 5.41 Å². The maximum absolute atomic E-state index is 12.5. The minimum absolute atomic E-state index is 0.129. The third kappa shape index (κ3) is 5.64. The van der Waals surface area contributed by atoms with Crippen molar-refractivity contribution in [1.82, 2.24) is 0 Å². The van der Waals surface area contributed by atoms with E-state index in [2.05, 4.69) is 6.92 Å². The highest BCUT2D eigenvalue weighted by Crippen LogP contribution is 2.38. The van der Waals surface area contributed by atoms with Crippen molar-refractivity contribution in [3.8, 4) is 0 Å². The zero-order valence-electron chi connectivity index (χ0n) is 13.0. The fourth-order valence-corrected chi connectivity index (χ4v) is 3.34. The van der Waals surface area contributed by atoms with Crippen LogP contribution in [0.2, 0.25) is 0 Å². The second-order valence-corrected chi connectivity index (χ2v) is 6.21. The van der Waals surface area contributed by atoms with Crippen LogP contribution in [-0.4, -0.2) is 19.5 Å². The van der Waals surface area contributed by atoms with E-state index >= 15 is 0 Å².